The summed E-state index contributed by atoms with van der Waals surface area (Å²) < 4.78 is 54.5. The van der Waals surface area contributed by atoms with Gasteiger partial charge >= 0.3 is 6.18 Å². The number of rotatable bonds is 8. The van der Waals surface area contributed by atoms with E-state index in [2.05, 4.69) is 5.32 Å². The van der Waals surface area contributed by atoms with E-state index < -0.39 is 23.8 Å². The maximum absolute atomic E-state index is 14.5. The van der Waals surface area contributed by atoms with Gasteiger partial charge in [-0.25, -0.2) is 0 Å². The molecule has 0 radical (unpaired) electrons. The molecule has 2 N–H and O–H groups in total. The maximum atomic E-state index is 14.5. The van der Waals surface area contributed by atoms with E-state index in [-0.39, 0.29) is 30.0 Å². The Morgan fingerprint density at radius 2 is 1.76 bits per heavy atom. The monoisotopic (exact) mass is 534 g/mol. The summed E-state index contributed by atoms with van der Waals surface area (Å²) in [5, 5.41) is 13.1. The van der Waals surface area contributed by atoms with Gasteiger partial charge in [-0.2, -0.15) is 13.2 Å². The minimum absolute atomic E-state index is 0.0835. The number of benzene rings is 2. The van der Waals surface area contributed by atoms with Crippen LogP contribution in [0.25, 0.3) is 0 Å². The minimum Gasteiger partial charge on any atom is -0.493 e. The first-order valence-corrected chi connectivity index (χ1v) is 13.2. The van der Waals surface area contributed by atoms with Crippen molar-refractivity contribution >= 4 is 5.91 Å². The number of hydrogen-bond donors (Lipinski definition) is 2. The largest absolute Gasteiger partial charge is 0.493 e. The Labute approximate surface area is 222 Å². The molecule has 2 aromatic rings. The SMILES string of the molecule is CO[C@@](C(=O)N1CCC2(CCNCC2c2ccccc2OCC[C@@H](C)O)CC1)(c1ccccc1)C(F)(F)F. The van der Waals surface area contributed by atoms with Crippen LogP contribution in [0.1, 0.15) is 49.7 Å². The number of alkyl halides is 3. The molecule has 2 aliphatic heterocycles. The van der Waals surface area contributed by atoms with Crippen LogP contribution in [0.4, 0.5) is 13.2 Å². The summed E-state index contributed by atoms with van der Waals surface area (Å²) in [6, 6.07) is 15.0. The summed E-state index contributed by atoms with van der Waals surface area (Å²) >= 11 is 0. The maximum Gasteiger partial charge on any atom is 0.430 e. The number of aliphatic hydroxyl groups excluding tert-OH is 1. The molecule has 3 atom stereocenters. The molecule has 2 aromatic carbocycles. The highest BCUT2D eigenvalue weighted by Gasteiger charge is 2.64. The van der Waals surface area contributed by atoms with E-state index in [1.807, 2.05) is 24.3 Å². The van der Waals surface area contributed by atoms with E-state index in [0.717, 1.165) is 37.9 Å². The molecular weight excluding hydrogens is 497 g/mol. The number of hydrogen-bond acceptors (Lipinski definition) is 5. The Bertz CT molecular complexity index is 1070. The van der Waals surface area contributed by atoms with E-state index >= 15 is 0 Å². The number of carbonyl (C=O) groups is 1. The van der Waals surface area contributed by atoms with Crippen LogP contribution in [0, 0.1) is 5.41 Å². The molecule has 6 nitrogen and oxygen atoms in total. The fraction of sp³-hybridized carbons (Fsp3) is 0.552. The molecule has 0 aliphatic carbocycles. The molecule has 208 valence electrons. The van der Waals surface area contributed by atoms with Gasteiger partial charge in [0.15, 0.2) is 0 Å². The standard InChI is InChI=1S/C29H37F3N2O4/c1-21(35)12-19-38-25-11-7-6-10-23(25)24-20-33-16-13-27(24)14-17-34(18-15-27)26(36)28(37-2,29(30,31)32)22-8-4-3-5-9-22/h3-11,21,24,33,35H,12-20H2,1-2H3/t21-,24?,28-/m1/s1. The summed E-state index contributed by atoms with van der Waals surface area (Å²) in [4.78, 5) is 14.9. The van der Waals surface area contributed by atoms with Gasteiger partial charge in [0, 0.05) is 44.6 Å². The minimum atomic E-state index is -4.92. The van der Waals surface area contributed by atoms with Crippen molar-refractivity contribution in [1.29, 1.82) is 0 Å². The molecule has 2 heterocycles. The van der Waals surface area contributed by atoms with Gasteiger partial charge in [0.2, 0.25) is 0 Å². The molecule has 1 spiro atoms. The molecule has 0 aromatic heterocycles. The number of piperidine rings is 2. The number of halogens is 3. The number of para-hydroxylation sites is 1. The van der Waals surface area contributed by atoms with Crippen molar-refractivity contribution < 1.29 is 32.5 Å². The third kappa shape index (κ3) is 5.42. The Morgan fingerprint density at radius 1 is 1.11 bits per heavy atom. The van der Waals surface area contributed by atoms with E-state index in [1.54, 1.807) is 13.0 Å². The smallest absolute Gasteiger partial charge is 0.430 e. The van der Waals surface area contributed by atoms with E-state index in [9.17, 15) is 23.1 Å². The van der Waals surface area contributed by atoms with Gasteiger partial charge in [-0.05, 0) is 49.8 Å². The summed E-state index contributed by atoms with van der Waals surface area (Å²) in [6.07, 6.45) is -2.84. The van der Waals surface area contributed by atoms with Crippen LogP contribution in [0.5, 0.6) is 5.75 Å². The van der Waals surface area contributed by atoms with Crippen LogP contribution in [0.15, 0.2) is 54.6 Å². The number of nitrogens with zero attached hydrogens (tertiary/aromatic N) is 1. The fourth-order valence-corrected chi connectivity index (χ4v) is 6.03. The summed E-state index contributed by atoms with van der Waals surface area (Å²) in [6.45, 7) is 4.07. The molecule has 38 heavy (non-hydrogen) atoms. The number of ether oxygens (including phenoxy) is 2. The number of carbonyl (C=O) groups excluding carboxylic acids is 1. The van der Waals surface area contributed by atoms with Gasteiger partial charge in [-0.3, -0.25) is 4.79 Å². The van der Waals surface area contributed by atoms with Crippen LogP contribution in [0.3, 0.4) is 0 Å². The molecule has 1 unspecified atom stereocenters. The highest BCUT2D eigenvalue weighted by Crippen LogP contribution is 2.51. The van der Waals surface area contributed by atoms with Crippen molar-refractivity contribution in [2.45, 2.75) is 56.4 Å². The first kappa shape index (κ1) is 28.4. The van der Waals surface area contributed by atoms with Gasteiger partial charge < -0.3 is 24.8 Å². The molecule has 0 saturated carbocycles. The van der Waals surface area contributed by atoms with Crippen molar-refractivity contribution in [3.63, 3.8) is 0 Å². The number of nitrogens with one attached hydrogen (secondary N) is 1. The molecule has 2 saturated heterocycles. The zero-order valence-electron chi connectivity index (χ0n) is 22.0. The second kappa shape index (κ2) is 11.6. The third-order valence-corrected chi connectivity index (χ3v) is 8.21. The second-order valence-corrected chi connectivity index (χ2v) is 10.4. The number of likely N-dealkylation sites (tertiary alicyclic amines) is 1. The van der Waals surface area contributed by atoms with E-state index in [1.165, 1.54) is 29.2 Å². The van der Waals surface area contributed by atoms with Crippen molar-refractivity contribution in [2.75, 3.05) is 39.9 Å². The van der Waals surface area contributed by atoms with Crippen molar-refractivity contribution in [3.05, 3.63) is 65.7 Å². The lowest BCUT2D eigenvalue weighted by Crippen LogP contribution is -2.59. The molecule has 1 amide bonds. The normalized spacial score (nSPS) is 22.1. The Kier molecular flexibility index (Phi) is 8.69. The summed E-state index contributed by atoms with van der Waals surface area (Å²) in [5.41, 5.74) is -2.39. The Balaban J connectivity index is 1.57. The second-order valence-electron chi connectivity index (χ2n) is 10.4. The molecule has 9 heteroatoms. The number of methoxy groups -OCH3 is 1. The van der Waals surface area contributed by atoms with E-state index in [0.29, 0.717) is 25.9 Å². The van der Waals surface area contributed by atoms with Gasteiger partial charge in [0.25, 0.3) is 11.5 Å². The molecule has 2 fully saturated rings. The van der Waals surface area contributed by atoms with Crippen LogP contribution in [0.2, 0.25) is 0 Å². The summed E-state index contributed by atoms with van der Waals surface area (Å²) in [7, 11) is 0.946. The van der Waals surface area contributed by atoms with Crippen molar-refractivity contribution in [1.82, 2.24) is 10.2 Å². The molecule has 0 bridgehead atoms. The van der Waals surface area contributed by atoms with Gasteiger partial charge in [0.1, 0.15) is 5.75 Å². The average Bonchev–Trinajstić information content (AvgIpc) is 2.90. The fourth-order valence-electron chi connectivity index (χ4n) is 6.03. The van der Waals surface area contributed by atoms with Crippen LogP contribution in [-0.4, -0.2) is 68.1 Å². The first-order chi connectivity index (χ1) is 18.1. The highest BCUT2D eigenvalue weighted by molar-refractivity contribution is 5.88. The average molecular weight is 535 g/mol. The highest BCUT2D eigenvalue weighted by atomic mass is 19.4. The lowest BCUT2D eigenvalue weighted by molar-refractivity contribution is -0.271. The first-order valence-electron chi connectivity index (χ1n) is 13.2. The summed E-state index contributed by atoms with van der Waals surface area (Å²) in [5.74, 6) is -0.222. The quantitative estimate of drug-likeness (QED) is 0.517. The van der Waals surface area contributed by atoms with Crippen LogP contribution < -0.4 is 10.1 Å². The molecule has 2 aliphatic rings. The van der Waals surface area contributed by atoms with Crippen molar-refractivity contribution in [3.8, 4) is 5.75 Å². The van der Waals surface area contributed by atoms with E-state index in [4.69, 9.17) is 9.47 Å². The Hall–Kier alpha value is -2.62. The number of aliphatic hydroxyl groups is 1. The Morgan fingerprint density at radius 3 is 2.39 bits per heavy atom. The van der Waals surface area contributed by atoms with Crippen molar-refractivity contribution in [2.24, 2.45) is 5.41 Å². The molecular formula is C29H37F3N2O4. The predicted octanol–water partition coefficient (Wildman–Crippen LogP) is 4.63. The number of amides is 1. The van der Waals surface area contributed by atoms with Gasteiger partial charge in [-0.15, -0.1) is 0 Å². The zero-order valence-corrected chi connectivity index (χ0v) is 22.0. The molecule has 4 rings (SSSR count). The van der Waals surface area contributed by atoms with Crippen LogP contribution in [-0.2, 0) is 15.1 Å². The topological polar surface area (TPSA) is 71.0 Å². The lowest BCUT2D eigenvalue weighted by atomic mass is 9.62. The third-order valence-electron chi connectivity index (χ3n) is 8.21. The zero-order chi connectivity index (χ0) is 27.4. The predicted molar refractivity (Wildman–Crippen MR) is 138 cm³/mol. The van der Waals surface area contributed by atoms with Crippen LogP contribution >= 0.6 is 0 Å². The van der Waals surface area contributed by atoms with Gasteiger partial charge in [-0.1, -0.05) is 48.5 Å². The lowest BCUT2D eigenvalue weighted by Gasteiger charge is -2.51. The van der Waals surface area contributed by atoms with Gasteiger partial charge in [0.05, 0.1) is 12.7 Å².